The van der Waals surface area contributed by atoms with Crippen molar-refractivity contribution < 1.29 is 4.57 Å². The number of hydrogen-bond donors (Lipinski definition) is 0. The van der Waals surface area contributed by atoms with Crippen LogP contribution in [0.3, 0.4) is 0 Å². The van der Waals surface area contributed by atoms with E-state index >= 15 is 0 Å². The molecule has 0 atom stereocenters. The monoisotopic (exact) mass is 169 g/mol. The quantitative estimate of drug-likeness (QED) is 0.604. The molecule has 1 aromatic carbocycles. The van der Waals surface area contributed by atoms with Crippen LogP contribution in [0.1, 0.15) is 5.56 Å². The normalized spacial score (nSPS) is 9.85. The zero-order chi connectivity index (χ0) is 8.93. The van der Waals surface area contributed by atoms with Crippen LogP contribution in [0.4, 0.5) is 0 Å². The largest absolute Gasteiger partial charge is 0.201 e. The standard InChI is InChI=1S/C12H11N/c1-3-7-12(8-4-1)11-13-9-5-2-6-10-13/h1,3-10H,11H2/q+1. The Bertz CT molecular complexity index is 316. The van der Waals surface area contributed by atoms with Crippen LogP contribution in [-0.4, -0.2) is 0 Å². The third-order valence-electron chi connectivity index (χ3n) is 1.93. The minimum atomic E-state index is 0.926. The smallest absolute Gasteiger partial charge is 0.173 e. The molecule has 0 spiro atoms. The van der Waals surface area contributed by atoms with Crippen molar-refractivity contribution in [3.8, 4) is 0 Å². The molecule has 1 heterocycles. The van der Waals surface area contributed by atoms with E-state index in [0.29, 0.717) is 0 Å². The molecule has 1 heteroatoms. The lowest BCUT2D eigenvalue weighted by molar-refractivity contribution is -0.688. The van der Waals surface area contributed by atoms with Gasteiger partial charge in [0.05, 0.1) is 0 Å². The van der Waals surface area contributed by atoms with Gasteiger partial charge in [0.2, 0.25) is 0 Å². The summed E-state index contributed by atoms with van der Waals surface area (Å²) in [6.07, 6.45) is 4.04. The highest BCUT2D eigenvalue weighted by molar-refractivity contribution is 5.13. The molecule has 1 aromatic heterocycles. The summed E-state index contributed by atoms with van der Waals surface area (Å²) < 4.78 is 2.13. The van der Waals surface area contributed by atoms with Gasteiger partial charge in [-0.05, 0) is 6.07 Å². The number of pyridine rings is 1. The fraction of sp³-hybridized carbons (Fsp3) is 0.0833. The predicted molar refractivity (Wildman–Crippen MR) is 51.0 cm³/mol. The van der Waals surface area contributed by atoms with E-state index in [0.717, 1.165) is 6.54 Å². The molecule has 0 amide bonds. The first-order valence-electron chi connectivity index (χ1n) is 4.34. The summed E-state index contributed by atoms with van der Waals surface area (Å²) in [5.41, 5.74) is 1.32. The van der Waals surface area contributed by atoms with Gasteiger partial charge in [-0.3, -0.25) is 0 Å². The van der Waals surface area contributed by atoms with Crippen molar-refractivity contribution in [2.24, 2.45) is 0 Å². The first kappa shape index (κ1) is 7.99. The number of rotatable bonds is 2. The summed E-state index contributed by atoms with van der Waals surface area (Å²) in [5.74, 6) is 0. The zero-order valence-corrected chi connectivity index (χ0v) is 7.35. The molecular weight excluding hydrogens is 158 g/mol. The maximum Gasteiger partial charge on any atom is 0.173 e. The number of nitrogens with zero attached hydrogens (tertiary/aromatic N) is 1. The molecule has 1 nitrogen and oxygen atoms in total. The summed E-state index contributed by atoms with van der Waals surface area (Å²) in [6.45, 7) is 0.926. The maximum absolute atomic E-state index is 3.00. The lowest BCUT2D eigenvalue weighted by Crippen LogP contribution is -2.32. The Morgan fingerprint density at radius 1 is 1.00 bits per heavy atom. The van der Waals surface area contributed by atoms with Gasteiger partial charge in [0.25, 0.3) is 0 Å². The highest BCUT2D eigenvalue weighted by atomic mass is 14.9. The minimum Gasteiger partial charge on any atom is -0.201 e. The lowest BCUT2D eigenvalue weighted by Gasteiger charge is -1.95. The van der Waals surface area contributed by atoms with E-state index in [1.807, 2.05) is 30.6 Å². The number of benzene rings is 1. The number of aromatic nitrogens is 1. The van der Waals surface area contributed by atoms with Gasteiger partial charge in [-0.2, -0.15) is 0 Å². The van der Waals surface area contributed by atoms with Crippen LogP contribution in [0.15, 0.2) is 54.9 Å². The van der Waals surface area contributed by atoms with Crippen LogP contribution in [0.2, 0.25) is 0 Å². The van der Waals surface area contributed by atoms with Crippen molar-refractivity contribution in [1.82, 2.24) is 0 Å². The molecule has 0 saturated carbocycles. The molecule has 0 bridgehead atoms. The van der Waals surface area contributed by atoms with Crippen LogP contribution in [0.25, 0.3) is 0 Å². The molecule has 2 aromatic rings. The second kappa shape index (κ2) is 3.85. The van der Waals surface area contributed by atoms with Crippen LogP contribution < -0.4 is 4.57 Å². The van der Waals surface area contributed by atoms with Crippen molar-refractivity contribution in [1.29, 1.82) is 0 Å². The number of hydrogen-bond acceptors (Lipinski definition) is 0. The Balaban J connectivity index is 2.16. The molecular formula is C12H11N+. The molecule has 63 valence electrons. The summed E-state index contributed by atoms with van der Waals surface area (Å²) in [6, 6.07) is 17.2. The minimum absolute atomic E-state index is 0.926. The Labute approximate surface area is 78.3 Å². The Kier molecular flexibility index (Phi) is 2.37. The van der Waals surface area contributed by atoms with Gasteiger partial charge in [0.1, 0.15) is 0 Å². The molecule has 0 saturated heterocycles. The van der Waals surface area contributed by atoms with E-state index in [4.69, 9.17) is 0 Å². The maximum atomic E-state index is 3.00. The van der Waals surface area contributed by atoms with Crippen molar-refractivity contribution in [3.05, 3.63) is 66.5 Å². The van der Waals surface area contributed by atoms with Crippen LogP contribution in [0, 0.1) is 6.07 Å². The van der Waals surface area contributed by atoms with E-state index < -0.39 is 0 Å². The average Bonchev–Trinajstić information content (AvgIpc) is 2.21. The van der Waals surface area contributed by atoms with Gasteiger partial charge in [0.15, 0.2) is 18.9 Å². The third kappa shape index (κ3) is 2.15. The SMILES string of the molecule is [c]1cc[n+](Cc2ccccc2)cc1. The zero-order valence-electron chi connectivity index (χ0n) is 7.35. The van der Waals surface area contributed by atoms with Crippen LogP contribution >= 0.6 is 0 Å². The van der Waals surface area contributed by atoms with Gasteiger partial charge in [-0.15, -0.1) is 0 Å². The Morgan fingerprint density at radius 2 is 1.69 bits per heavy atom. The van der Waals surface area contributed by atoms with E-state index in [2.05, 4.69) is 34.9 Å². The highest BCUT2D eigenvalue weighted by Crippen LogP contribution is 1.96. The van der Waals surface area contributed by atoms with Gasteiger partial charge in [-0.1, -0.05) is 30.3 Å². The van der Waals surface area contributed by atoms with E-state index in [-0.39, 0.29) is 0 Å². The van der Waals surface area contributed by atoms with Gasteiger partial charge < -0.3 is 0 Å². The fourth-order valence-electron chi connectivity index (χ4n) is 1.28. The summed E-state index contributed by atoms with van der Waals surface area (Å²) in [7, 11) is 0. The second-order valence-electron chi connectivity index (χ2n) is 2.96. The van der Waals surface area contributed by atoms with Crippen LogP contribution in [-0.2, 0) is 6.54 Å². The van der Waals surface area contributed by atoms with E-state index in [1.54, 1.807) is 0 Å². The molecule has 0 unspecified atom stereocenters. The Morgan fingerprint density at radius 3 is 2.38 bits per heavy atom. The third-order valence-corrected chi connectivity index (χ3v) is 1.93. The summed E-state index contributed by atoms with van der Waals surface area (Å²) >= 11 is 0. The van der Waals surface area contributed by atoms with Crippen molar-refractivity contribution in [3.63, 3.8) is 0 Å². The van der Waals surface area contributed by atoms with Gasteiger partial charge in [-0.25, -0.2) is 4.57 Å². The molecule has 13 heavy (non-hydrogen) atoms. The molecule has 1 radical (unpaired) electrons. The van der Waals surface area contributed by atoms with Crippen molar-refractivity contribution in [2.75, 3.05) is 0 Å². The first-order valence-corrected chi connectivity index (χ1v) is 4.34. The van der Waals surface area contributed by atoms with E-state index in [9.17, 15) is 0 Å². The van der Waals surface area contributed by atoms with Gasteiger partial charge in [0, 0.05) is 17.7 Å². The average molecular weight is 169 g/mol. The first-order chi connectivity index (χ1) is 6.45. The Hall–Kier alpha value is -1.63. The van der Waals surface area contributed by atoms with E-state index in [1.165, 1.54) is 5.56 Å². The molecule has 0 aliphatic carbocycles. The topological polar surface area (TPSA) is 3.88 Å². The molecule has 0 N–H and O–H groups in total. The second-order valence-corrected chi connectivity index (χ2v) is 2.96. The fourth-order valence-corrected chi connectivity index (χ4v) is 1.28. The molecule has 0 aliphatic rings. The van der Waals surface area contributed by atoms with Crippen LogP contribution in [0.5, 0.6) is 0 Å². The van der Waals surface area contributed by atoms with Crippen molar-refractivity contribution >= 4 is 0 Å². The molecule has 0 aliphatic heterocycles. The molecule has 2 rings (SSSR count). The lowest BCUT2D eigenvalue weighted by atomic mass is 10.2. The molecule has 0 fully saturated rings. The summed E-state index contributed by atoms with van der Waals surface area (Å²) in [5, 5.41) is 0. The summed E-state index contributed by atoms with van der Waals surface area (Å²) in [4.78, 5) is 0. The highest BCUT2D eigenvalue weighted by Gasteiger charge is 1.98. The van der Waals surface area contributed by atoms with Gasteiger partial charge >= 0.3 is 0 Å². The van der Waals surface area contributed by atoms with Crippen molar-refractivity contribution in [2.45, 2.75) is 6.54 Å². The predicted octanol–water partition coefficient (Wildman–Crippen LogP) is 1.82.